The van der Waals surface area contributed by atoms with Crippen LogP contribution in [0.5, 0.6) is 0 Å². The first-order valence-corrected chi connectivity index (χ1v) is 5.56. The molecule has 1 aromatic heterocycles. The Morgan fingerprint density at radius 3 is 3.07 bits per heavy atom. The zero-order chi connectivity index (χ0) is 9.80. The number of ether oxygens (including phenoxy) is 1. The van der Waals surface area contributed by atoms with Crippen molar-refractivity contribution in [1.29, 1.82) is 0 Å². The Hall–Kier alpha value is -0.810. The number of rotatable bonds is 4. The molecule has 4 nitrogen and oxygen atoms in total. The smallest absolute Gasteiger partial charge is 0.130 e. The van der Waals surface area contributed by atoms with Gasteiger partial charge in [-0.05, 0) is 6.92 Å². The lowest BCUT2D eigenvalue weighted by molar-refractivity contribution is 0.0454. The number of nitrogens with zero attached hydrogens (tertiary/aromatic N) is 2. The normalized spacial score (nSPS) is 16.4. The molecule has 1 N–H and O–H groups in total. The van der Waals surface area contributed by atoms with Gasteiger partial charge >= 0.3 is 0 Å². The third kappa shape index (κ3) is 2.36. The van der Waals surface area contributed by atoms with E-state index in [1.54, 1.807) is 18.1 Å². The molecule has 0 radical (unpaired) electrons. The minimum Gasteiger partial charge on any atom is -0.379 e. The molecule has 2 rings (SSSR count). The van der Waals surface area contributed by atoms with E-state index in [2.05, 4.69) is 22.2 Å². The largest absolute Gasteiger partial charge is 0.379 e. The van der Waals surface area contributed by atoms with Crippen molar-refractivity contribution in [1.82, 2.24) is 9.97 Å². The van der Waals surface area contributed by atoms with Gasteiger partial charge in [-0.1, -0.05) is 11.8 Å². The molecular formula is C9H13N3OS. The quantitative estimate of drug-likeness (QED) is 0.763. The second-order valence-corrected chi connectivity index (χ2v) is 4.37. The van der Waals surface area contributed by atoms with Crippen LogP contribution in [0.25, 0.3) is 0 Å². The summed E-state index contributed by atoms with van der Waals surface area (Å²) in [5.74, 6) is 0.894. The van der Waals surface area contributed by atoms with Crippen molar-refractivity contribution in [2.45, 2.75) is 17.2 Å². The molecule has 0 unspecified atom stereocenters. The fourth-order valence-electron chi connectivity index (χ4n) is 1.13. The zero-order valence-corrected chi connectivity index (χ0v) is 8.88. The van der Waals surface area contributed by atoms with Crippen LogP contribution in [0.4, 0.5) is 5.82 Å². The summed E-state index contributed by atoms with van der Waals surface area (Å²) in [6.07, 6.45) is 1.60. The van der Waals surface area contributed by atoms with Gasteiger partial charge in [0.1, 0.15) is 17.2 Å². The summed E-state index contributed by atoms with van der Waals surface area (Å²) >= 11 is 1.75. The maximum absolute atomic E-state index is 5.10. The molecule has 1 aromatic rings. The highest BCUT2D eigenvalue weighted by Gasteiger charge is 2.20. The molecule has 0 spiro atoms. The third-order valence-electron chi connectivity index (χ3n) is 1.89. The van der Waals surface area contributed by atoms with Gasteiger partial charge in [0.15, 0.2) is 0 Å². The Kier molecular flexibility index (Phi) is 3.21. The van der Waals surface area contributed by atoms with Crippen molar-refractivity contribution >= 4 is 17.6 Å². The predicted molar refractivity (Wildman–Crippen MR) is 56.7 cm³/mol. The minimum atomic E-state index is 0.569. The number of hydrogen-bond acceptors (Lipinski definition) is 5. The second kappa shape index (κ2) is 4.61. The van der Waals surface area contributed by atoms with Crippen molar-refractivity contribution in [3.05, 3.63) is 12.4 Å². The van der Waals surface area contributed by atoms with Crippen LogP contribution in [-0.4, -0.2) is 35.0 Å². The Morgan fingerprint density at radius 1 is 1.57 bits per heavy atom. The molecule has 0 amide bonds. The van der Waals surface area contributed by atoms with Gasteiger partial charge in [-0.2, -0.15) is 0 Å². The highest BCUT2D eigenvalue weighted by atomic mass is 32.2. The third-order valence-corrected chi connectivity index (χ3v) is 2.97. The van der Waals surface area contributed by atoms with Crippen molar-refractivity contribution in [2.75, 3.05) is 25.1 Å². The van der Waals surface area contributed by atoms with E-state index in [4.69, 9.17) is 4.74 Å². The van der Waals surface area contributed by atoms with Crippen molar-refractivity contribution < 1.29 is 4.74 Å². The van der Waals surface area contributed by atoms with Gasteiger partial charge in [0.25, 0.3) is 0 Å². The molecule has 0 aromatic carbocycles. The molecule has 0 saturated carbocycles. The Bertz CT molecular complexity index is 304. The first kappa shape index (κ1) is 9.73. The number of hydrogen-bond donors (Lipinski definition) is 1. The lowest BCUT2D eigenvalue weighted by Gasteiger charge is -2.24. The van der Waals surface area contributed by atoms with Gasteiger partial charge in [-0.25, -0.2) is 9.97 Å². The summed E-state index contributed by atoms with van der Waals surface area (Å²) in [6, 6.07) is 1.98. The SMILES string of the molecule is CCNc1cc(SC2COC2)ncn1. The van der Waals surface area contributed by atoms with Crippen LogP contribution < -0.4 is 5.32 Å². The highest BCUT2D eigenvalue weighted by molar-refractivity contribution is 8.00. The van der Waals surface area contributed by atoms with Crippen LogP contribution in [0.3, 0.4) is 0 Å². The summed E-state index contributed by atoms with van der Waals surface area (Å²) in [4.78, 5) is 8.31. The maximum Gasteiger partial charge on any atom is 0.130 e. The van der Waals surface area contributed by atoms with E-state index >= 15 is 0 Å². The molecular weight excluding hydrogens is 198 g/mol. The van der Waals surface area contributed by atoms with Gasteiger partial charge in [-0.3, -0.25) is 0 Å². The first-order valence-electron chi connectivity index (χ1n) is 4.69. The molecule has 14 heavy (non-hydrogen) atoms. The fourth-order valence-corrected chi connectivity index (χ4v) is 2.09. The Morgan fingerprint density at radius 2 is 2.43 bits per heavy atom. The molecule has 1 saturated heterocycles. The Balaban J connectivity index is 1.97. The standard InChI is InChI=1S/C9H13N3OS/c1-2-10-8-3-9(12-6-11-8)14-7-4-13-5-7/h3,6-7H,2,4-5H2,1H3,(H,10,11,12). The average Bonchev–Trinajstić information content (AvgIpc) is 2.13. The fraction of sp³-hybridized carbons (Fsp3) is 0.556. The van der Waals surface area contributed by atoms with E-state index in [0.29, 0.717) is 5.25 Å². The molecule has 1 aliphatic heterocycles. The molecule has 2 heterocycles. The predicted octanol–water partition coefficient (Wildman–Crippen LogP) is 1.40. The van der Waals surface area contributed by atoms with E-state index in [-0.39, 0.29) is 0 Å². The van der Waals surface area contributed by atoms with Gasteiger partial charge in [0.05, 0.1) is 18.5 Å². The molecule has 1 fully saturated rings. The lowest BCUT2D eigenvalue weighted by Crippen LogP contribution is -2.30. The van der Waals surface area contributed by atoms with Crippen LogP contribution in [0.1, 0.15) is 6.92 Å². The highest BCUT2D eigenvalue weighted by Crippen LogP contribution is 2.26. The molecule has 0 aliphatic carbocycles. The summed E-state index contributed by atoms with van der Waals surface area (Å²) < 4.78 is 5.10. The van der Waals surface area contributed by atoms with Gasteiger partial charge in [-0.15, -0.1) is 0 Å². The first-order chi connectivity index (χ1) is 6.88. The molecule has 76 valence electrons. The lowest BCUT2D eigenvalue weighted by atomic mass is 10.4. The molecule has 5 heteroatoms. The van der Waals surface area contributed by atoms with Crippen molar-refractivity contribution in [3.63, 3.8) is 0 Å². The Labute approximate surface area is 87.5 Å². The monoisotopic (exact) mass is 211 g/mol. The summed E-state index contributed by atoms with van der Waals surface area (Å²) in [6.45, 7) is 4.61. The average molecular weight is 211 g/mol. The van der Waals surface area contributed by atoms with E-state index in [9.17, 15) is 0 Å². The number of aromatic nitrogens is 2. The summed E-state index contributed by atoms with van der Waals surface area (Å²) in [7, 11) is 0. The van der Waals surface area contributed by atoms with Gasteiger partial charge in [0, 0.05) is 12.6 Å². The summed E-state index contributed by atoms with van der Waals surface area (Å²) in [5.41, 5.74) is 0. The zero-order valence-electron chi connectivity index (χ0n) is 8.06. The maximum atomic E-state index is 5.10. The summed E-state index contributed by atoms with van der Waals surface area (Å²) in [5, 5.41) is 4.75. The van der Waals surface area contributed by atoms with Crippen LogP contribution in [0.15, 0.2) is 17.4 Å². The minimum absolute atomic E-state index is 0.569. The van der Waals surface area contributed by atoms with E-state index in [0.717, 1.165) is 30.6 Å². The molecule has 0 bridgehead atoms. The van der Waals surface area contributed by atoms with E-state index in [1.165, 1.54) is 0 Å². The van der Waals surface area contributed by atoms with Gasteiger partial charge < -0.3 is 10.1 Å². The van der Waals surface area contributed by atoms with Crippen LogP contribution in [-0.2, 0) is 4.74 Å². The molecule has 0 atom stereocenters. The van der Waals surface area contributed by atoms with Gasteiger partial charge in [0.2, 0.25) is 0 Å². The second-order valence-electron chi connectivity index (χ2n) is 3.05. The van der Waals surface area contributed by atoms with E-state index in [1.807, 2.05) is 6.07 Å². The van der Waals surface area contributed by atoms with Crippen molar-refractivity contribution in [2.24, 2.45) is 0 Å². The van der Waals surface area contributed by atoms with E-state index < -0.39 is 0 Å². The van der Waals surface area contributed by atoms with Crippen LogP contribution in [0, 0.1) is 0 Å². The van der Waals surface area contributed by atoms with Crippen molar-refractivity contribution in [3.8, 4) is 0 Å². The molecule has 1 aliphatic rings. The number of nitrogens with one attached hydrogen (secondary N) is 1. The van der Waals surface area contributed by atoms with Crippen LogP contribution in [0.2, 0.25) is 0 Å². The topological polar surface area (TPSA) is 47.0 Å². The number of thioether (sulfide) groups is 1. The van der Waals surface area contributed by atoms with Crippen LogP contribution >= 0.6 is 11.8 Å². The number of anilines is 1.